The molecule has 0 aliphatic rings. The SMILES string of the molecule is CCCCOS([Si])(OCCCC)OCCCC. The second-order valence-electron chi connectivity index (χ2n) is 3.98. The minimum absolute atomic E-state index is 0.688. The Bertz CT molecular complexity index is 143. The van der Waals surface area contributed by atoms with Crippen molar-refractivity contribution < 1.29 is 12.5 Å². The van der Waals surface area contributed by atoms with Crippen LogP contribution in [0.25, 0.3) is 0 Å². The van der Waals surface area contributed by atoms with Gasteiger partial charge in [-0.3, -0.25) is 12.5 Å². The lowest BCUT2D eigenvalue weighted by Crippen LogP contribution is -2.14. The number of hydrogen-bond acceptors (Lipinski definition) is 3. The summed E-state index contributed by atoms with van der Waals surface area (Å²) in [5, 5.41) is 0. The molecule has 17 heavy (non-hydrogen) atoms. The van der Waals surface area contributed by atoms with Gasteiger partial charge < -0.3 is 0 Å². The van der Waals surface area contributed by atoms with E-state index in [1.807, 2.05) is 0 Å². The molecule has 0 N–H and O–H groups in total. The molecule has 0 rings (SSSR count). The van der Waals surface area contributed by atoms with Crippen molar-refractivity contribution in [2.45, 2.75) is 59.3 Å². The monoisotopic (exact) mass is 279 g/mol. The van der Waals surface area contributed by atoms with Crippen LogP contribution in [-0.4, -0.2) is 29.2 Å². The standard InChI is InChI=1S/C12H27O3SSi/c1-4-7-10-13-16(17,14-11-8-5-2)15-12-9-6-3/h4-12H2,1-3H3. The van der Waals surface area contributed by atoms with Gasteiger partial charge in [0.1, 0.15) is 0 Å². The van der Waals surface area contributed by atoms with Crippen LogP contribution in [0, 0.1) is 0 Å². The van der Waals surface area contributed by atoms with Crippen molar-refractivity contribution >= 4 is 19.7 Å². The van der Waals surface area contributed by atoms with Gasteiger partial charge in [-0.05, 0) is 19.3 Å². The third-order valence-corrected chi connectivity index (χ3v) is 4.70. The Morgan fingerprint density at radius 2 is 1.00 bits per heavy atom. The Morgan fingerprint density at radius 1 is 0.706 bits per heavy atom. The Labute approximate surface area is 112 Å². The molecule has 0 amide bonds. The van der Waals surface area contributed by atoms with E-state index in [-0.39, 0.29) is 0 Å². The van der Waals surface area contributed by atoms with Gasteiger partial charge in [-0.2, -0.15) is 0 Å². The predicted octanol–water partition coefficient (Wildman–Crippen LogP) is 4.07. The maximum atomic E-state index is 5.72. The first kappa shape index (κ1) is 17.4. The van der Waals surface area contributed by atoms with E-state index in [9.17, 15) is 0 Å². The van der Waals surface area contributed by atoms with Crippen LogP contribution >= 0.6 is 10.3 Å². The molecule has 0 aromatic rings. The molecule has 0 aromatic carbocycles. The summed E-state index contributed by atoms with van der Waals surface area (Å²) < 4.78 is 17.1. The van der Waals surface area contributed by atoms with Crippen LogP contribution in [0.5, 0.6) is 0 Å². The van der Waals surface area contributed by atoms with Crippen LogP contribution in [-0.2, 0) is 12.5 Å². The van der Waals surface area contributed by atoms with Crippen LogP contribution in [0.3, 0.4) is 0 Å². The van der Waals surface area contributed by atoms with E-state index in [0.717, 1.165) is 38.5 Å². The van der Waals surface area contributed by atoms with Crippen molar-refractivity contribution in [2.24, 2.45) is 0 Å². The van der Waals surface area contributed by atoms with Gasteiger partial charge in [0.05, 0.1) is 30.1 Å². The molecule has 0 spiro atoms. The van der Waals surface area contributed by atoms with Crippen molar-refractivity contribution in [1.29, 1.82) is 0 Å². The van der Waals surface area contributed by atoms with E-state index >= 15 is 0 Å². The molecular formula is C12H27O3SSi. The van der Waals surface area contributed by atoms with E-state index in [2.05, 4.69) is 30.2 Å². The third kappa shape index (κ3) is 10.1. The van der Waals surface area contributed by atoms with Crippen molar-refractivity contribution in [3.8, 4) is 0 Å². The van der Waals surface area contributed by atoms with Crippen molar-refractivity contribution in [2.75, 3.05) is 19.8 Å². The zero-order chi connectivity index (χ0) is 13.0. The zero-order valence-electron chi connectivity index (χ0n) is 11.5. The molecule has 0 aliphatic carbocycles. The summed E-state index contributed by atoms with van der Waals surface area (Å²) in [5.41, 5.74) is 0. The Balaban J connectivity index is 3.95. The maximum absolute atomic E-state index is 5.72. The summed E-state index contributed by atoms with van der Waals surface area (Å²) in [6, 6.07) is 0. The molecule has 0 aliphatic heterocycles. The fraction of sp³-hybridized carbons (Fsp3) is 1.00. The summed E-state index contributed by atoms with van der Waals surface area (Å²) in [6.07, 6.45) is 6.46. The van der Waals surface area contributed by atoms with Gasteiger partial charge in [0.15, 0.2) is 0 Å². The van der Waals surface area contributed by atoms with Crippen LogP contribution in [0.4, 0.5) is 0 Å². The minimum Gasteiger partial charge on any atom is -0.298 e. The Hall–Kier alpha value is 0.447. The smallest absolute Gasteiger partial charge is 0.208 e. The maximum Gasteiger partial charge on any atom is 0.208 e. The van der Waals surface area contributed by atoms with Crippen molar-refractivity contribution in [3.05, 3.63) is 0 Å². The highest BCUT2D eigenvalue weighted by Gasteiger charge is 2.20. The summed E-state index contributed by atoms with van der Waals surface area (Å²) in [7, 11) is 1.60. The number of unbranched alkanes of at least 4 members (excludes halogenated alkanes) is 3. The molecular weight excluding hydrogens is 252 g/mol. The Kier molecular flexibility index (Phi) is 11.8. The average Bonchev–Trinajstić information content (AvgIpc) is 2.30. The zero-order valence-corrected chi connectivity index (χ0v) is 13.3. The van der Waals surface area contributed by atoms with Gasteiger partial charge in [0.2, 0.25) is 9.39 Å². The normalized spacial score (nSPS) is 12.9. The van der Waals surface area contributed by atoms with E-state index in [1.54, 1.807) is 0 Å². The van der Waals surface area contributed by atoms with Gasteiger partial charge in [-0.15, -0.1) is 0 Å². The summed E-state index contributed by atoms with van der Waals surface area (Å²) in [6.45, 7) is 8.49. The lowest BCUT2D eigenvalue weighted by Gasteiger charge is -2.34. The minimum atomic E-state index is -1.95. The van der Waals surface area contributed by atoms with Crippen LogP contribution < -0.4 is 0 Å². The number of hydrogen-bond donors (Lipinski definition) is 0. The molecule has 0 heterocycles. The second-order valence-corrected chi connectivity index (χ2v) is 7.10. The molecule has 0 saturated heterocycles. The molecule has 103 valence electrons. The molecule has 0 fully saturated rings. The average molecular weight is 279 g/mol. The largest absolute Gasteiger partial charge is 0.298 e. The third-order valence-electron chi connectivity index (χ3n) is 2.21. The first-order valence-electron chi connectivity index (χ1n) is 6.69. The number of rotatable bonds is 12. The molecule has 5 heteroatoms. The first-order valence-corrected chi connectivity index (χ1v) is 9.32. The van der Waals surface area contributed by atoms with Gasteiger partial charge in [-0.25, -0.2) is 0 Å². The highest BCUT2D eigenvalue weighted by Crippen LogP contribution is 2.47. The fourth-order valence-corrected chi connectivity index (χ4v) is 3.01. The Morgan fingerprint density at radius 3 is 1.24 bits per heavy atom. The summed E-state index contributed by atoms with van der Waals surface area (Å²) in [4.78, 5) is 0. The summed E-state index contributed by atoms with van der Waals surface area (Å²) >= 11 is 0. The molecule has 0 unspecified atom stereocenters. The van der Waals surface area contributed by atoms with Gasteiger partial charge in [-0.1, -0.05) is 40.0 Å². The van der Waals surface area contributed by atoms with Crippen LogP contribution in [0.15, 0.2) is 0 Å². The van der Waals surface area contributed by atoms with E-state index in [1.165, 1.54) is 0 Å². The molecule has 0 aromatic heterocycles. The quantitative estimate of drug-likeness (QED) is 0.398. The second kappa shape index (κ2) is 11.5. The molecule has 0 bridgehead atoms. The van der Waals surface area contributed by atoms with Crippen molar-refractivity contribution in [1.82, 2.24) is 0 Å². The van der Waals surface area contributed by atoms with Crippen molar-refractivity contribution in [3.63, 3.8) is 0 Å². The van der Waals surface area contributed by atoms with E-state index in [0.29, 0.717) is 19.8 Å². The molecule has 3 radical (unpaired) electrons. The van der Waals surface area contributed by atoms with E-state index in [4.69, 9.17) is 12.5 Å². The lowest BCUT2D eigenvalue weighted by molar-refractivity contribution is 0.177. The fourth-order valence-electron chi connectivity index (χ4n) is 1.04. The van der Waals surface area contributed by atoms with E-state index < -0.39 is 10.3 Å². The lowest BCUT2D eigenvalue weighted by atomic mass is 10.4. The van der Waals surface area contributed by atoms with Gasteiger partial charge in [0.25, 0.3) is 0 Å². The predicted molar refractivity (Wildman–Crippen MR) is 75.9 cm³/mol. The topological polar surface area (TPSA) is 27.7 Å². The molecule has 0 saturated carbocycles. The highest BCUT2D eigenvalue weighted by atomic mass is 32.5. The van der Waals surface area contributed by atoms with Crippen LogP contribution in [0.1, 0.15) is 59.3 Å². The molecule has 0 atom stereocenters. The molecule has 3 nitrogen and oxygen atoms in total. The highest BCUT2D eigenvalue weighted by molar-refractivity contribution is 8.39. The van der Waals surface area contributed by atoms with Gasteiger partial charge in [0, 0.05) is 0 Å². The summed E-state index contributed by atoms with van der Waals surface area (Å²) in [5.74, 6) is 0. The first-order chi connectivity index (χ1) is 8.18. The van der Waals surface area contributed by atoms with Crippen LogP contribution in [0.2, 0.25) is 0 Å². The van der Waals surface area contributed by atoms with Gasteiger partial charge >= 0.3 is 0 Å².